The molecular formula is C22H19ClFN3O2. The van der Waals surface area contributed by atoms with E-state index in [9.17, 15) is 14.0 Å². The average Bonchev–Trinajstić information content (AvgIpc) is 2.74. The Balaban J connectivity index is 1.41. The normalized spacial score (nSPS) is 14.8. The van der Waals surface area contributed by atoms with Crippen LogP contribution < -0.4 is 5.32 Å². The quantitative estimate of drug-likeness (QED) is 0.637. The summed E-state index contributed by atoms with van der Waals surface area (Å²) in [4.78, 5) is 30.6. The Kier molecular flexibility index (Phi) is 5.45. The minimum Gasteiger partial charge on any atom is -0.334 e. The van der Waals surface area contributed by atoms with E-state index in [0.717, 1.165) is 23.8 Å². The average molecular weight is 412 g/mol. The van der Waals surface area contributed by atoms with E-state index in [1.54, 1.807) is 41.4 Å². The van der Waals surface area contributed by atoms with Gasteiger partial charge in [0.05, 0.1) is 5.52 Å². The van der Waals surface area contributed by atoms with E-state index >= 15 is 0 Å². The summed E-state index contributed by atoms with van der Waals surface area (Å²) in [6, 6.07) is 13.2. The smallest absolute Gasteiger partial charge is 0.313 e. The Morgan fingerprint density at radius 3 is 2.52 bits per heavy atom. The zero-order chi connectivity index (χ0) is 20.4. The van der Waals surface area contributed by atoms with Gasteiger partial charge in [-0.3, -0.25) is 14.6 Å². The predicted octanol–water partition coefficient (Wildman–Crippen LogP) is 4.37. The zero-order valence-electron chi connectivity index (χ0n) is 15.6. The maximum absolute atomic E-state index is 13.5. The highest BCUT2D eigenvalue weighted by Crippen LogP contribution is 2.32. The highest BCUT2D eigenvalue weighted by atomic mass is 35.5. The first-order chi connectivity index (χ1) is 14.0. The first kappa shape index (κ1) is 19.3. The molecule has 0 bridgehead atoms. The van der Waals surface area contributed by atoms with E-state index in [4.69, 9.17) is 11.6 Å². The molecule has 0 atom stereocenters. The fourth-order valence-corrected chi connectivity index (χ4v) is 3.88. The number of hydrogen-bond donors (Lipinski definition) is 1. The van der Waals surface area contributed by atoms with E-state index in [-0.39, 0.29) is 11.7 Å². The molecule has 2 heterocycles. The predicted molar refractivity (Wildman–Crippen MR) is 110 cm³/mol. The van der Waals surface area contributed by atoms with Gasteiger partial charge in [0.2, 0.25) is 0 Å². The number of likely N-dealkylation sites (tertiary alicyclic amines) is 1. The van der Waals surface area contributed by atoms with Crippen LogP contribution in [-0.4, -0.2) is 34.8 Å². The SMILES string of the molecule is O=C(Nc1ccc(Cl)cc1)C(=O)N1CCC(c2ccnc3cc(F)ccc23)CC1. The van der Waals surface area contributed by atoms with Crippen molar-refractivity contribution in [2.75, 3.05) is 18.4 Å². The number of benzene rings is 2. The van der Waals surface area contributed by atoms with Crippen LogP contribution in [-0.2, 0) is 9.59 Å². The third-order valence-electron chi connectivity index (χ3n) is 5.26. The molecule has 1 N–H and O–H groups in total. The molecule has 148 valence electrons. The first-order valence-corrected chi connectivity index (χ1v) is 9.79. The first-order valence-electron chi connectivity index (χ1n) is 9.41. The van der Waals surface area contributed by atoms with Crippen molar-refractivity contribution in [3.8, 4) is 0 Å². The Morgan fingerprint density at radius 2 is 1.79 bits per heavy atom. The van der Waals surface area contributed by atoms with Gasteiger partial charge in [-0.25, -0.2) is 4.39 Å². The fourth-order valence-electron chi connectivity index (χ4n) is 3.75. The van der Waals surface area contributed by atoms with Crippen LogP contribution in [0.3, 0.4) is 0 Å². The summed E-state index contributed by atoms with van der Waals surface area (Å²) in [6.45, 7) is 0.977. The van der Waals surface area contributed by atoms with E-state index in [0.29, 0.717) is 29.3 Å². The topological polar surface area (TPSA) is 62.3 Å². The minimum atomic E-state index is -0.657. The number of halogens is 2. The summed E-state index contributed by atoms with van der Waals surface area (Å²) < 4.78 is 13.5. The number of fused-ring (bicyclic) bond motifs is 1. The van der Waals surface area contributed by atoms with Gasteiger partial charge in [0.25, 0.3) is 0 Å². The van der Waals surface area contributed by atoms with Crippen molar-refractivity contribution >= 4 is 40.0 Å². The molecule has 1 saturated heterocycles. The van der Waals surface area contributed by atoms with E-state index in [2.05, 4.69) is 10.3 Å². The van der Waals surface area contributed by atoms with Crippen molar-refractivity contribution in [2.24, 2.45) is 0 Å². The van der Waals surface area contributed by atoms with Gasteiger partial charge in [-0.1, -0.05) is 11.6 Å². The van der Waals surface area contributed by atoms with Crippen molar-refractivity contribution in [1.29, 1.82) is 0 Å². The Hall–Kier alpha value is -2.99. The van der Waals surface area contributed by atoms with Gasteiger partial charge >= 0.3 is 11.8 Å². The number of aromatic nitrogens is 1. The van der Waals surface area contributed by atoms with Gasteiger partial charge in [0.15, 0.2) is 0 Å². The van der Waals surface area contributed by atoms with Crippen molar-refractivity contribution in [3.05, 3.63) is 71.1 Å². The van der Waals surface area contributed by atoms with Crippen LogP contribution in [0.25, 0.3) is 10.9 Å². The van der Waals surface area contributed by atoms with Crippen LogP contribution >= 0.6 is 11.6 Å². The molecule has 0 aliphatic carbocycles. The molecular weight excluding hydrogens is 393 g/mol. The van der Waals surface area contributed by atoms with Gasteiger partial charge in [-0.2, -0.15) is 0 Å². The minimum absolute atomic E-state index is 0.231. The van der Waals surface area contributed by atoms with Crippen molar-refractivity contribution in [3.63, 3.8) is 0 Å². The van der Waals surface area contributed by atoms with Gasteiger partial charge in [0.1, 0.15) is 5.82 Å². The molecule has 0 saturated carbocycles. The monoisotopic (exact) mass is 411 g/mol. The number of pyridine rings is 1. The molecule has 3 aromatic rings. The lowest BCUT2D eigenvalue weighted by atomic mass is 9.87. The molecule has 0 unspecified atom stereocenters. The van der Waals surface area contributed by atoms with Crippen LogP contribution in [0, 0.1) is 5.82 Å². The number of amides is 2. The Morgan fingerprint density at radius 1 is 1.07 bits per heavy atom. The van der Waals surface area contributed by atoms with E-state index in [1.165, 1.54) is 12.1 Å². The number of rotatable bonds is 2. The summed E-state index contributed by atoms with van der Waals surface area (Å²) in [6.07, 6.45) is 3.15. The van der Waals surface area contributed by atoms with Crippen LogP contribution in [0.5, 0.6) is 0 Å². The molecule has 4 rings (SSSR count). The molecule has 2 amide bonds. The molecule has 7 heteroatoms. The standard InChI is InChI=1S/C22H19ClFN3O2/c23-15-1-4-17(5-2-15)26-21(28)22(29)27-11-8-14(9-12-27)18-7-10-25-20-13-16(24)3-6-19(18)20/h1-7,10,13-14H,8-9,11-12H2,(H,26,28). The zero-order valence-corrected chi connectivity index (χ0v) is 16.3. The molecule has 5 nitrogen and oxygen atoms in total. The molecule has 2 aromatic carbocycles. The second-order valence-corrected chi connectivity index (χ2v) is 7.53. The number of piperidine rings is 1. The van der Waals surface area contributed by atoms with Gasteiger partial charge in [-0.15, -0.1) is 0 Å². The van der Waals surface area contributed by atoms with Crippen LogP contribution in [0.15, 0.2) is 54.7 Å². The summed E-state index contributed by atoms with van der Waals surface area (Å²) in [5.41, 5.74) is 2.26. The van der Waals surface area contributed by atoms with Crippen LogP contribution in [0.2, 0.25) is 5.02 Å². The largest absolute Gasteiger partial charge is 0.334 e. The lowest BCUT2D eigenvalue weighted by Gasteiger charge is -2.32. The van der Waals surface area contributed by atoms with Crippen LogP contribution in [0.4, 0.5) is 10.1 Å². The summed E-state index contributed by atoms with van der Waals surface area (Å²) in [5.74, 6) is -1.28. The lowest BCUT2D eigenvalue weighted by Crippen LogP contribution is -2.43. The van der Waals surface area contributed by atoms with E-state index < -0.39 is 11.8 Å². The highest BCUT2D eigenvalue weighted by molar-refractivity contribution is 6.39. The van der Waals surface area contributed by atoms with Gasteiger partial charge in [-0.05, 0) is 66.8 Å². The lowest BCUT2D eigenvalue weighted by molar-refractivity contribution is -0.143. The fraction of sp³-hybridized carbons (Fsp3) is 0.227. The number of nitrogens with one attached hydrogen (secondary N) is 1. The van der Waals surface area contributed by atoms with Crippen molar-refractivity contribution in [1.82, 2.24) is 9.88 Å². The van der Waals surface area contributed by atoms with Crippen molar-refractivity contribution in [2.45, 2.75) is 18.8 Å². The number of nitrogens with zero attached hydrogens (tertiary/aromatic N) is 2. The Labute approximate surface area is 172 Å². The highest BCUT2D eigenvalue weighted by Gasteiger charge is 2.28. The number of carbonyl (C=O) groups is 2. The summed E-state index contributed by atoms with van der Waals surface area (Å²) >= 11 is 5.83. The Bertz CT molecular complexity index is 1060. The molecule has 0 spiro atoms. The third-order valence-corrected chi connectivity index (χ3v) is 5.51. The second-order valence-electron chi connectivity index (χ2n) is 7.09. The van der Waals surface area contributed by atoms with Gasteiger partial charge < -0.3 is 10.2 Å². The molecule has 29 heavy (non-hydrogen) atoms. The van der Waals surface area contributed by atoms with E-state index in [1.807, 2.05) is 6.07 Å². The summed E-state index contributed by atoms with van der Waals surface area (Å²) in [7, 11) is 0. The maximum Gasteiger partial charge on any atom is 0.313 e. The summed E-state index contributed by atoms with van der Waals surface area (Å²) in [5, 5.41) is 4.09. The van der Waals surface area contributed by atoms with Crippen LogP contribution in [0.1, 0.15) is 24.3 Å². The maximum atomic E-state index is 13.5. The number of carbonyl (C=O) groups excluding carboxylic acids is 2. The third kappa shape index (κ3) is 4.22. The molecule has 1 aliphatic heterocycles. The molecule has 1 fully saturated rings. The van der Waals surface area contributed by atoms with Crippen molar-refractivity contribution < 1.29 is 14.0 Å². The molecule has 1 aliphatic rings. The molecule has 0 radical (unpaired) electrons. The number of hydrogen-bond acceptors (Lipinski definition) is 3. The van der Waals surface area contributed by atoms with Gasteiger partial charge in [0, 0.05) is 41.4 Å². The second kappa shape index (κ2) is 8.17. The molecule has 1 aromatic heterocycles. The number of anilines is 1.